The highest BCUT2D eigenvalue weighted by molar-refractivity contribution is 7.92. The van der Waals surface area contributed by atoms with E-state index in [9.17, 15) is 32.4 Å². The molecule has 7 rings (SSSR count). The van der Waals surface area contributed by atoms with Gasteiger partial charge in [0.15, 0.2) is 22.0 Å². The monoisotopic (exact) mass is 670 g/mol. The lowest BCUT2D eigenvalue weighted by molar-refractivity contribution is -0.202. The van der Waals surface area contributed by atoms with Gasteiger partial charge in [-0.3, -0.25) is 9.59 Å². The van der Waals surface area contributed by atoms with Gasteiger partial charge in [0, 0.05) is 22.3 Å². The van der Waals surface area contributed by atoms with Crippen molar-refractivity contribution < 1.29 is 51.0 Å². The molecule has 4 heterocycles. The molecule has 0 unspecified atom stereocenters. The number of benzene rings is 1. The van der Waals surface area contributed by atoms with Crippen molar-refractivity contribution in [3.05, 3.63) is 39.7 Å². The molecule has 2 aromatic rings. The van der Waals surface area contributed by atoms with E-state index < -0.39 is 89.7 Å². The summed E-state index contributed by atoms with van der Waals surface area (Å²) in [5.41, 5.74) is -7.97. The first-order valence-electron chi connectivity index (χ1n) is 15.8. The van der Waals surface area contributed by atoms with Gasteiger partial charge in [0.1, 0.15) is 10.8 Å². The first-order valence-corrected chi connectivity index (χ1v) is 17.4. The summed E-state index contributed by atoms with van der Waals surface area (Å²) in [6.45, 7) is 13.4. The third-order valence-electron chi connectivity index (χ3n) is 13.3. The minimum Gasteiger partial charge on any atom is -0.454 e. The number of sulfone groups is 1. The minimum atomic E-state index is -4.29. The first kappa shape index (κ1) is 31.8. The highest BCUT2D eigenvalue weighted by atomic mass is 32.2. The Morgan fingerprint density at radius 2 is 1.32 bits per heavy atom. The van der Waals surface area contributed by atoms with Gasteiger partial charge in [0.2, 0.25) is 11.2 Å². The van der Waals surface area contributed by atoms with Gasteiger partial charge >= 0.3 is 29.5 Å². The molecule has 2 saturated heterocycles. The molecule has 4 fully saturated rings. The molecule has 47 heavy (non-hydrogen) atoms. The zero-order valence-electron chi connectivity index (χ0n) is 27.6. The van der Waals surface area contributed by atoms with E-state index >= 15 is 0 Å². The summed E-state index contributed by atoms with van der Waals surface area (Å²) in [7, 11) is -4.29. The molecule has 12 nitrogen and oxygen atoms in total. The van der Waals surface area contributed by atoms with E-state index in [0.717, 1.165) is 0 Å². The summed E-state index contributed by atoms with van der Waals surface area (Å²) >= 11 is 0. The molecule has 1 aromatic carbocycles. The number of esters is 4. The van der Waals surface area contributed by atoms with Crippen LogP contribution in [-0.4, -0.2) is 54.9 Å². The van der Waals surface area contributed by atoms with Gasteiger partial charge in [0.05, 0.1) is 21.3 Å². The van der Waals surface area contributed by atoms with Crippen LogP contribution in [0.1, 0.15) is 91.4 Å². The van der Waals surface area contributed by atoms with Crippen molar-refractivity contribution in [2.75, 3.05) is 0 Å². The summed E-state index contributed by atoms with van der Waals surface area (Å²) in [5.74, 6) is -3.01. The van der Waals surface area contributed by atoms with Crippen molar-refractivity contribution in [3.8, 4) is 0 Å². The van der Waals surface area contributed by atoms with Crippen LogP contribution in [0.4, 0.5) is 0 Å². The number of carbonyl (C=O) groups excluding carboxylic acids is 4. The lowest BCUT2D eigenvalue weighted by atomic mass is 9.66. The van der Waals surface area contributed by atoms with Crippen LogP contribution < -0.4 is 5.63 Å². The van der Waals surface area contributed by atoms with Crippen LogP contribution in [0.15, 0.2) is 32.3 Å². The second-order valence-corrected chi connectivity index (χ2v) is 17.7. The Labute approximate surface area is 271 Å². The fourth-order valence-corrected chi connectivity index (χ4v) is 10.5. The first-order chi connectivity index (χ1) is 21.6. The molecule has 2 saturated carbocycles. The Morgan fingerprint density at radius 1 is 0.809 bits per heavy atom. The zero-order valence-corrected chi connectivity index (χ0v) is 28.4. The average Bonchev–Trinajstić information content (AvgIpc) is 3.45. The van der Waals surface area contributed by atoms with Crippen LogP contribution in [0.3, 0.4) is 0 Å². The van der Waals surface area contributed by atoms with E-state index in [1.807, 2.05) is 0 Å². The van der Waals surface area contributed by atoms with Crippen LogP contribution in [0.25, 0.3) is 11.0 Å². The van der Waals surface area contributed by atoms with Crippen molar-refractivity contribution in [1.82, 2.24) is 0 Å². The number of carbonyl (C=O) groups is 4. The van der Waals surface area contributed by atoms with Gasteiger partial charge in [-0.1, -0.05) is 27.7 Å². The molecular formula is C34H38O12S. The predicted octanol–water partition coefficient (Wildman–Crippen LogP) is 4.02. The lowest BCUT2D eigenvalue weighted by Gasteiger charge is -2.41. The minimum absolute atomic E-state index is 0.141. The van der Waals surface area contributed by atoms with E-state index in [4.69, 9.17) is 23.4 Å². The van der Waals surface area contributed by atoms with Gasteiger partial charge < -0.3 is 23.4 Å². The molecule has 0 amide bonds. The van der Waals surface area contributed by atoms with Gasteiger partial charge in [-0.25, -0.2) is 22.8 Å². The predicted molar refractivity (Wildman–Crippen MR) is 162 cm³/mol. The Hall–Kier alpha value is -3.74. The number of hydrogen-bond donors (Lipinski definition) is 0. The second kappa shape index (κ2) is 9.03. The van der Waals surface area contributed by atoms with Crippen molar-refractivity contribution in [1.29, 1.82) is 0 Å². The largest absolute Gasteiger partial charge is 0.454 e. The number of aryl methyl sites for hydroxylation is 1. The highest BCUT2D eigenvalue weighted by Crippen LogP contribution is 2.67. The SMILES string of the molecule is Cc1cc(=O)oc2c3c(ccc12)S(=O)(=O)[C@H](C)[C@H](OC(=O)[C@@]12CC[C@@](C)(C(=O)O1)C2(C)C)[C@@H]3OC(=O)[C@@]12CC[C@@](C)(C(=O)O1)C2(C)C. The normalized spacial score (nSPS) is 38.5. The molecule has 0 radical (unpaired) electrons. The van der Waals surface area contributed by atoms with Crippen LogP contribution in [0, 0.1) is 28.6 Å². The van der Waals surface area contributed by atoms with Gasteiger partial charge in [-0.15, -0.1) is 0 Å². The highest BCUT2D eigenvalue weighted by Gasteiger charge is 2.78. The molecule has 1 aromatic heterocycles. The van der Waals surface area contributed by atoms with Crippen molar-refractivity contribution >= 4 is 44.7 Å². The fraction of sp³-hybridized carbons (Fsp3) is 0.618. The molecule has 5 aliphatic rings. The summed E-state index contributed by atoms with van der Waals surface area (Å²) < 4.78 is 57.6. The molecule has 7 atom stereocenters. The third-order valence-corrected chi connectivity index (χ3v) is 15.5. The maximum absolute atomic E-state index is 14.4. The van der Waals surface area contributed by atoms with Crippen LogP contribution in [0.5, 0.6) is 0 Å². The summed E-state index contributed by atoms with van der Waals surface area (Å²) in [4.78, 5) is 67.1. The molecule has 0 spiro atoms. The number of rotatable bonds is 4. The van der Waals surface area contributed by atoms with Gasteiger partial charge in [-0.2, -0.15) is 0 Å². The van der Waals surface area contributed by atoms with Gasteiger partial charge in [0.25, 0.3) is 0 Å². The molecule has 0 N–H and O–H groups in total. The number of hydrogen-bond acceptors (Lipinski definition) is 12. The van der Waals surface area contributed by atoms with Crippen molar-refractivity contribution in [2.45, 2.75) is 115 Å². The number of ether oxygens (including phenoxy) is 4. The molecule has 2 aliphatic carbocycles. The molecule has 252 valence electrons. The van der Waals surface area contributed by atoms with E-state index in [1.54, 1.807) is 48.5 Å². The maximum atomic E-state index is 14.4. The quantitative estimate of drug-likeness (QED) is 0.261. The van der Waals surface area contributed by atoms with Crippen molar-refractivity contribution in [3.63, 3.8) is 0 Å². The van der Waals surface area contributed by atoms with Gasteiger partial charge in [-0.05, 0) is 71.1 Å². The molecule has 4 bridgehead atoms. The molecule has 3 aliphatic heterocycles. The third kappa shape index (κ3) is 3.43. The fourth-order valence-electron chi connectivity index (χ4n) is 8.81. The summed E-state index contributed by atoms with van der Waals surface area (Å²) in [6.07, 6.45) is -2.26. The van der Waals surface area contributed by atoms with Crippen LogP contribution in [0.2, 0.25) is 0 Å². The Kier molecular flexibility index (Phi) is 6.12. The lowest BCUT2D eigenvalue weighted by Crippen LogP contribution is -2.55. The average molecular weight is 671 g/mol. The standard InChI is InChI=1S/C34H38O12S/c1-16-15-20(35)42-23-18(16)9-10-19-21(23)24(44-28(39)34-14-12-32(8,26(37)46-34)30(34,5)6)22(17(2)47(19,40)41)43-27(38)33-13-11-31(7,25(36)45-33)29(33,3)4/h9-10,15,17,22,24H,11-14H2,1-8H3/t17-,22+,24-,31+,32+,33-,34-/m1/s1. The van der Waals surface area contributed by atoms with Crippen molar-refractivity contribution in [2.24, 2.45) is 21.7 Å². The van der Waals surface area contributed by atoms with E-state index in [-0.39, 0.29) is 28.9 Å². The smallest absolute Gasteiger partial charge is 0.351 e. The molecular weight excluding hydrogens is 632 g/mol. The van der Waals surface area contributed by atoms with E-state index in [0.29, 0.717) is 23.8 Å². The van der Waals surface area contributed by atoms with Crippen LogP contribution in [-0.2, 0) is 48.0 Å². The molecule has 13 heteroatoms. The number of fused-ring (bicyclic) bond motifs is 7. The Balaban J connectivity index is 1.40. The van der Waals surface area contributed by atoms with Crippen LogP contribution >= 0.6 is 0 Å². The zero-order chi connectivity index (χ0) is 34.5. The summed E-state index contributed by atoms with van der Waals surface area (Å²) in [6, 6.07) is 4.10. The maximum Gasteiger partial charge on any atom is 0.351 e. The van der Waals surface area contributed by atoms with E-state index in [1.165, 1.54) is 25.1 Å². The topological polar surface area (TPSA) is 170 Å². The Morgan fingerprint density at radius 3 is 1.79 bits per heavy atom. The Bertz CT molecular complexity index is 2010. The second-order valence-electron chi connectivity index (χ2n) is 15.4. The van der Waals surface area contributed by atoms with E-state index in [2.05, 4.69) is 0 Å². The summed E-state index contributed by atoms with van der Waals surface area (Å²) in [5, 5.41) is -1.07.